The van der Waals surface area contributed by atoms with Crippen molar-refractivity contribution in [3.63, 3.8) is 0 Å². The first-order chi connectivity index (χ1) is 13.2. The summed E-state index contributed by atoms with van der Waals surface area (Å²) in [5.74, 6) is -4.15. The van der Waals surface area contributed by atoms with Gasteiger partial charge in [0, 0.05) is 26.2 Å². The lowest BCUT2D eigenvalue weighted by Crippen LogP contribution is -2.38. The highest BCUT2D eigenvalue weighted by molar-refractivity contribution is 5.83. The van der Waals surface area contributed by atoms with Crippen molar-refractivity contribution < 1.29 is 27.1 Å². The van der Waals surface area contributed by atoms with Gasteiger partial charge in [-0.3, -0.25) is 4.79 Å². The third kappa shape index (κ3) is 3.48. The van der Waals surface area contributed by atoms with Crippen LogP contribution < -0.4 is 4.74 Å². The Kier molecular flexibility index (Phi) is 4.60. The van der Waals surface area contributed by atoms with Gasteiger partial charge in [-0.15, -0.1) is 5.11 Å². The third-order valence-electron chi connectivity index (χ3n) is 5.20. The van der Waals surface area contributed by atoms with Crippen molar-refractivity contribution in [3.8, 4) is 5.75 Å². The van der Waals surface area contributed by atoms with E-state index in [1.54, 1.807) is 0 Å². The molecule has 6 nitrogen and oxygen atoms in total. The van der Waals surface area contributed by atoms with Crippen LogP contribution in [-0.2, 0) is 17.9 Å². The molecule has 2 atom stereocenters. The summed E-state index contributed by atoms with van der Waals surface area (Å²) in [6, 6.07) is 2.83. The molecular formula is C18H18F4N4O2. The molecule has 0 aliphatic carbocycles. The Balaban J connectivity index is 1.56. The summed E-state index contributed by atoms with van der Waals surface area (Å²) < 4.78 is 60.2. The average molecular weight is 398 g/mol. The number of halogens is 4. The fraction of sp³-hybridized carbons (Fsp3) is 0.500. The number of ether oxygens (including phenoxy) is 1. The second-order valence-electron chi connectivity index (χ2n) is 7.28. The molecule has 2 unspecified atom stereocenters. The number of rotatable bonds is 3. The number of nitrogens with zero attached hydrogens (tertiary/aromatic N) is 4. The Morgan fingerprint density at radius 1 is 1.21 bits per heavy atom. The van der Waals surface area contributed by atoms with E-state index >= 15 is 0 Å². The van der Waals surface area contributed by atoms with Gasteiger partial charge in [0.1, 0.15) is 6.10 Å². The van der Waals surface area contributed by atoms with Crippen LogP contribution in [0.15, 0.2) is 34.3 Å². The number of fused-ring (bicyclic) bond motifs is 1. The molecule has 0 aromatic heterocycles. The van der Waals surface area contributed by atoms with Gasteiger partial charge in [0.15, 0.2) is 17.5 Å². The van der Waals surface area contributed by atoms with Crippen LogP contribution in [0.4, 0.5) is 17.6 Å². The van der Waals surface area contributed by atoms with Gasteiger partial charge in [-0.25, -0.2) is 4.39 Å². The maximum absolute atomic E-state index is 14.5. The number of amides is 1. The van der Waals surface area contributed by atoms with Crippen molar-refractivity contribution in [3.05, 3.63) is 41.0 Å². The molecule has 0 N–H and O–H groups in total. The molecule has 3 aliphatic rings. The van der Waals surface area contributed by atoms with Crippen LogP contribution in [0.3, 0.4) is 0 Å². The normalized spacial score (nSPS) is 25.2. The highest BCUT2D eigenvalue weighted by Gasteiger charge is 2.50. The van der Waals surface area contributed by atoms with Crippen LogP contribution in [0.25, 0.3) is 0 Å². The molecule has 0 radical (unpaired) electrons. The number of alkyl halides is 3. The molecule has 10 heteroatoms. The van der Waals surface area contributed by atoms with E-state index in [4.69, 9.17) is 4.74 Å². The maximum atomic E-state index is 14.5. The van der Waals surface area contributed by atoms with Crippen molar-refractivity contribution >= 4 is 5.91 Å². The van der Waals surface area contributed by atoms with Crippen LogP contribution >= 0.6 is 0 Å². The minimum atomic E-state index is -4.77. The lowest BCUT2D eigenvalue weighted by Gasteiger charge is -2.28. The average Bonchev–Trinajstić information content (AvgIpc) is 3.19. The van der Waals surface area contributed by atoms with E-state index in [2.05, 4.69) is 15.1 Å². The van der Waals surface area contributed by atoms with Gasteiger partial charge in [-0.1, -0.05) is 0 Å². The summed E-state index contributed by atoms with van der Waals surface area (Å²) >= 11 is 0. The number of likely N-dealkylation sites (N-methyl/N-ethyl adjacent to an activating group) is 1. The Hall–Kier alpha value is -2.49. The minimum absolute atomic E-state index is 0.0555. The number of likely N-dealkylation sites (tertiary alicyclic amines) is 1. The summed E-state index contributed by atoms with van der Waals surface area (Å²) in [5.41, 5.74) is 0.953. The molecular weight excluding hydrogens is 380 g/mol. The summed E-state index contributed by atoms with van der Waals surface area (Å²) in [5, 5.41) is 6.41. The van der Waals surface area contributed by atoms with E-state index in [1.165, 1.54) is 17.0 Å². The molecule has 28 heavy (non-hydrogen) atoms. The number of azo groups is 1. The molecule has 3 heterocycles. The molecule has 1 aromatic carbocycles. The van der Waals surface area contributed by atoms with Gasteiger partial charge in [0.2, 0.25) is 0 Å². The van der Waals surface area contributed by atoms with Crippen molar-refractivity contribution in [1.29, 1.82) is 0 Å². The summed E-state index contributed by atoms with van der Waals surface area (Å²) in [6.45, 7) is 1.72. The number of hydrogen-bond acceptors (Lipinski definition) is 5. The van der Waals surface area contributed by atoms with E-state index in [1.807, 2.05) is 7.05 Å². The van der Waals surface area contributed by atoms with Crippen LogP contribution in [0.1, 0.15) is 17.5 Å². The molecule has 1 amide bonds. The summed E-state index contributed by atoms with van der Waals surface area (Å²) in [7, 11) is 1.95. The Bertz CT molecular complexity index is 868. The molecule has 1 fully saturated rings. The molecule has 150 valence electrons. The molecule has 0 saturated carbocycles. The standard InChI is InChI=1S/C18H18F4N4O2/c1-25-3-2-12(9-25)28-15-5-11-8-26(7-10(11)4-13(15)19)14-6-23-24-17(27)16(14)18(20,21)22/h4-6,12,16H,2-3,7-9H2,1H3. The van der Waals surface area contributed by atoms with Crippen molar-refractivity contribution in [2.45, 2.75) is 31.8 Å². The summed E-state index contributed by atoms with van der Waals surface area (Å²) in [6.07, 6.45) is -3.16. The predicted molar refractivity (Wildman–Crippen MR) is 89.7 cm³/mol. The largest absolute Gasteiger partial charge is 0.486 e. The zero-order chi connectivity index (χ0) is 20.1. The van der Waals surface area contributed by atoms with Crippen molar-refractivity contribution in [1.82, 2.24) is 9.80 Å². The first kappa shape index (κ1) is 18.9. The van der Waals surface area contributed by atoms with Crippen LogP contribution in [0.5, 0.6) is 5.75 Å². The second-order valence-corrected chi connectivity index (χ2v) is 7.28. The lowest BCUT2D eigenvalue weighted by atomic mass is 10.0. The molecule has 0 bridgehead atoms. The van der Waals surface area contributed by atoms with Crippen molar-refractivity contribution in [2.75, 3.05) is 20.1 Å². The zero-order valence-electron chi connectivity index (χ0n) is 15.0. The van der Waals surface area contributed by atoms with E-state index in [0.717, 1.165) is 19.2 Å². The maximum Gasteiger partial charge on any atom is 0.406 e. The SMILES string of the molecule is CN1CCC(Oc2cc3c(cc2F)CN(C2=CN=NC(=O)C2C(F)(F)F)C3)C1. The predicted octanol–water partition coefficient (Wildman–Crippen LogP) is 3.24. The Morgan fingerprint density at radius 3 is 2.57 bits per heavy atom. The monoisotopic (exact) mass is 398 g/mol. The van der Waals surface area contributed by atoms with E-state index < -0.39 is 23.8 Å². The number of carbonyl (C=O) groups is 1. The van der Waals surface area contributed by atoms with Gasteiger partial charge in [0.05, 0.1) is 11.9 Å². The van der Waals surface area contributed by atoms with Gasteiger partial charge in [-0.2, -0.15) is 18.3 Å². The first-order valence-electron chi connectivity index (χ1n) is 8.85. The number of benzene rings is 1. The van der Waals surface area contributed by atoms with Gasteiger partial charge < -0.3 is 14.5 Å². The van der Waals surface area contributed by atoms with E-state index in [9.17, 15) is 22.4 Å². The van der Waals surface area contributed by atoms with Crippen LogP contribution in [0, 0.1) is 11.7 Å². The fourth-order valence-corrected chi connectivity index (χ4v) is 3.82. The quantitative estimate of drug-likeness (QED) is 0.734. The lowest BCUT2D eigenvalue weighted by molar-refractivity contribution is -0.177. The molecule has 1 aromatic rings. The van der Waals surface area contributed by atoms with Gasteiger partial charge >= 0.3 is 6.18 Å². The molecule has 4 rings (SSSR count). The highest BCUT2D eigenvalue weighted by Crippen LogP contribution is 2.40. The smallest absolute Gasteiger partial charge is 0.406 e. The Labute approximate surface area is 158 Å². The summed E-state index contributed by atoms with van der Waals surface area (Å²) in [4.78, 5) is 15.1. The van der Waals surface area contributed by atoms with Crippen LogP contribution in [0.2, 0.25) is 0 Å². The van der Waals surface area contributed by atoms with Gasteiger partial charge in [0.25, 0.3) is 5.91 Å². The van der Waals surface area contributed by atoms with E-state index in [0.29, 0.717) is 17.7 Å². The third-order valence-corrected chi connectivity index (χ3v) is 5.20. The minimum Gasteiger partial charge on any atom is -0.486 e. The topological polar surface area (TPSA) is 57.5 Å². The Morgan fingerprint density at radius 2 is 1.93 bits per heavy atom. The fourth-order valence-electron chi connectivity index (χ4n) is 3.82. The highest BCUT2D eigenvalue weighted by atomic mass is 19.4. The molecule has 1 saturated heterocycles. The van der Waals surface area contributed by atoms with Crippen LogP contribution in [-0.4, -0.2) is 48.1 Å². The zero-order valence-corrected chi connectivity index (χ0v) is 15.0. The number of carbonyl (C=O) groups excluding carboxylic acids is 1. The first-order valence-corrected chi connectivity index (χ1v) is 8.85. The number of hydrogen-bond donors (Lipinski definition) is 0. The molecule has 3 aliphatic heterocycles. The van der Waals surface area contributed by atoms with Crippen molar-refractivity contribution in [2.24, 2.45) is 16.1 Å². The van der Waals surface area contributed by atoms with Gasteiger partial charge in [-0.05, 0) is 36.7 Å². The second kappa shape index (κ2) is 6.84. The van der Waals surface area contributed by atoms with E-state index in [-0.39, 0.29) is 30.6 Å². The molecule has 0 spiro atoms.